The molecule has 0 atom stereocenters. The van der Waals surface area contributed by atoms with Crippen molar-refractivity contribution in [2.75, 3.05) is 6.61 Å². The molecule has 0 saturated heterocycles. The van der Waals surface area contributed by atoms with Gasteiger partial charge in [0.25, 0.3) is 0 Å². The Morgan fingerprint density at radius 1 is 1.71 bits per heavy atom. The first-order chi connectivity index (χ1) is 2.77. The molecule has 44 valence electrons. The lowest BCUT2D eigenvalue weighted by Gasteiger charge is -1.85. The summed E-state index contributed by atoms with van der Waals surface area (Å²) in [5.74, 6) is 0.0394. The lowest BCUT2D eigenvalue weighted by atomic mass is 10.4. The van der Waals surface area contributed by atoms with Gasteiger partial charge >= 0.3 is 0 Å². The number of hydrogen-bond acceptors (Lipinski definition) is 2. The summed E-state index contributed by atoms with van der Waals surface area (Å²) in [4.78, 5) is 0. The molecule has 0 aliphatic carbocycles. The predicted octanol–water partition coefficient (Wildman–Crippen LogP) is -0.273. The standard InChI is InChI=1S/C3H8N2O.ClH/c4-3(5)1-2-6;/h6H,1-2H2,(H3,4,5);1H. The molecule has 0 aromatic rings. The summed E-state index contributed by atoms with van der Waals surface area (Å²) in [6.45, 7) is -0.0185. The predicted molar refractivity (Wildman–Crippen MR) is 30.9 cm³/mol. The highest BCUT2D eigenvalue weighted by Crippen LogP contribution is 1.67. The first kappa shape index (κ1) is 9.87. The van der Waals surface area contributed by atoms with Crippen molar-refractivity contribution in [2.24, 2.45) is 5.73 Å². The fourth-order valence-electron chi connectivity index (χ4n) is 0.120. The highest BCUT2D eigenvalue weighted by Gasteiger charge is 1.80. The Bertz CT molecular complexity index is 56.9. The number of hydrogen-bond donors (Lipinski definition) is 3. The van der Waals surface area contributed by atoms with Crippen LogP contribution in [0.4, 0.5) is 0 Å². The van der Waals surface area contributed by atoms with E-state index in [-0.39, 0.29) is 24.8 Å². The van der Waals surface area contributed by atoms with Gasteiger partial charge in [-0.1, -0.05) is 0 Å². The number of aliphatic hydroxyl groups excluding tert-OH is 1. The molecular formula is C3H9ClN2O. The monoisotopic (exact) mass is 124 g/mol. The van der Waals surface area contributed by atoms with E-state index in [1.807, 2.05) is 0 Å². The molecule has 0 aliphatic rings. The molecule has 0 aliphatic heterocycles. The minimum atomic E-state index is -0.0185. The summed E-state index contributed by atoms with van der Waals surface area (Å²) in [6, 6.07) is 0. The van der Waals surface area contributed by atoms with Crippen molar-refractivity contribution in [1.82, 2.24) is 0 Å². The van der Waals surface area contributed by atoms with Gasteiger partial charge in [0.1, 0.15) is 0 Å². The SMILES string of the molecule is Cl.N=C(N)CCO. The third-order valence-corrected chi connectivity index (χ3v) is 0.381. The molecule has 3 nitrogen and oxygen atoms in total. The minimum Gasteiger partial charge on any atom is -0.396 e. The van der Waals surface area contributed by atoms with E-state index in [2.05, 4.69) is 0 Å². The number of rotatable bonds is 2. The molecule has 0 amide bonds. The van der Waals surface area contributed by atoms with Crippen molar-refractivity contribution in [3.8, 4) is 0 Å². The molecule has 4 N–H and O–H groups in total. The molecule has 0 aromatic carbocycles. The normalized spacial score (nSPS) is 7.00. The third kappa shape index (κ3) is 10.7. The average molecular weight is 125 g/mol. The van der Waals surface area contributed by atoms with Crippen LogP contribution in [0.3, 0.4) is 0 Å². The average Bonchev–Trinajstić information content (AvgIpc) is 1.35. The zero-order chi connectivity index (χ0) is 4.99. The van der Waals surface area contributed by atoms with Crippen molar-refractivity contribution in [3.05, 3.63) is 0 Å². The van der Waals surface area contributed by atoms with Gasteiger partial charge in [-0.05, 0) is 0 Å². The van der Waals surface area contributed by atoms with E-state index < -0.39 is 0 Å². The molecule has 0 unspecified atom stereocenters. The molecule has 0 bridgehead atoms. The Morgan fingerprint density at radius 2 is 2.14 bits per heavy atom. The molecule has 0 saturated carbocycles. The number of nitrogens with two attached hydrogens (primary N) is 1. The van der Waals surface area contributed by atoms with Gasteiger partial charge < -0.3 is 10.8 Å². The van der Waals surface area contributed by atoms with E-state index in [9.17, 15) is 0 Å². The summed E-state index contributed by atoms with van der Waals surface area (Å²) in [5, 5.41) is 14.5. The molecule has 0 rings (SSSR count). The van der Waals surface area contributed by atoms with Crippen molar-refractivity contribution in [1.29, 1.82) is 5.41 Å². The summed E-state index contributed by atoms with van der Waals surface area (Å²) >= 11 is 0. The van der Waals surface area contributed by atoms with Crippen LogP contribution < -0.4 is 5.73 Å². The number of nitrogens with one attached hydrogen (secondary N) is 1. The summed E-state index contributed by atoms with van der Waals surface area (Å²) in [7, 11) is 0. The topological polar surface area (TPSA) is 70.1 Å². The maximum Gasteiger partial charge on any atom is 0.0928 e. The zero-order valence-corrected chi connectivity index (χ0v) is 4.66. The zero-order valence-electron chi connectivity index (χ0n) is 3.85. The van der Waals surface area contributed by atoms with Crippen molar-refractivity contribution in [2.45, 2.75) is 6.42 Å². The summed E-state index contributed by atoms with van der Waals surface area (Å²) in [5.41, 5.74) is 4.83. The van der Waals surface area contributed by atoms with Crippen molar-refractivity contribution in [3.63, 3.8) is 0 Å². The van der Waals surface area contributed by atoms with Crippen LogP contribution >= 0.6 is 12.4 Å². The van der Waals surface area contributed by atoms with Crippen LogP contribution in [-0.2, 0) is 0 Å². The summed E-state index contributed by atoms with van der Waals surface area (Å²) < 4.78 is 0. The Hall–Kier alpha value is -0.280. The molecular weight excluding hydrogens is 115 g/mol. The molecule has 0 fully saturated rings. The van der Waals surface area contributed by atoms with Gasteiger partial charge in [0.15, 0.2) is 0 Å². The Balaban J connectivity index is 0. The van der Waals surface area contributed by atoms with E-state index in [0.29, 0.717) is 6.42 Å². The quantitative estimate of drug-likeness (QED) is 0.350. The smallest absolute Gasteiger partial charge is 0.0928 e. The van der Waals surface area contributed by atoms with Gasteiger partial charge in [-0.15, -0.1) is 12.4 Å². The number of amidine groups is 1. The summed E-state index contributed by atoms with van der Waals surface area (Å²) in [6.07, 6.45) is 0.292. The first-order valence-corrected chi connectivity index (χ1v) is 1.71. The minimum absolute atomic E-state index is 0. The van der Waals surface area contributed by atoms with E-state index in [4.69, 9.17) is 16.2 Å². The largest absolute Gasteiger partial charge is 0.396 e. The van der Waals surface area contributed by atoms with Crippen LogP contribution in [0, 0.1) is 5.41 Å². The lowest BCUT2D eigenvalue weighted by molar-refractivity contribution is 0.306. The van der Waals surface area contributed by atoms with Gasteiger partial charge in [0.05, 0.1) is 12.4 Å². The van der Waals surface area contributed by atoms with Crippen LogP contribution in [0.15, 0.2) is 0 Å². The second-order valence-corrected chi connectivity index (χ2v) is 0.999. The van der Waals surface area contributed by atoms with E-state index in [1.54, 1.807) is 0 Å². The van der Waals surface area contributed by atoms with Gasteiger partial charge in [0.2, 0.25) is 0 Å². The fourth-order valence-corrected chi connectivity index (χ4v) is 0.120. The lowest BCUT2D eigenvalue weighted by Crippen LogP contribution is -2.10. The van der Waals surface area contributed by atoms with Crippen LogP contribution in [0.25, 0.3) is 0 Å². The molecule has 4 heteroatoms. The second kappa shape index (κ2) is 5.72. The number of aliphatic hydroxyl groups is 1. The van der Waals surface area contributed by atoms with E-state index in [0.717, 1.165) is 0 Å². The van der Waals surface area contributed by atoms with E-state index in [1.165, 1.54) is 0 Å². The van der Waals surface area contributed by atoms with Crippen LogP contribution in [0.1, 0.15) is 6.42 Å². The second-order valence-electron chi connectivity index (χ2n) is 0.999. The molecule has 0 heterocycles. The van der Waals surface area contributed by atoms with Gasteiger partial charge in [-0.2, -0.15) is 0 Å². The first-order valence-electron chi connectivity index (χ1n) is 1.71. The Morgan fingerprint density at radius 3 is 2.14 bits per heavy atom. The van der Waals surface area contributed by atoms with Crippen LogP contribution in [0.2, 0.25) is 0 Å². The van der Waals surface area contributed by atoms with Gasteiger partial charge in [-0.25, -0.2) is 0 Å². The third-order valence-electron chi connectivity index (χ3n) is 0.381. The van der Waals surface area contributed by atoms with Crippen molar-refractivity contribution >= 4 is 18.2 Å². The van der Waals surface area contributed by atoms with Gasteiger partial charge in [-0.3, -0.25) is 5.41 Å². The molecule has 7 heavy (non-hydrogen) atoms. The van der Waals surface area contributed by atoms with Crippen LogP contribution in [-0.4, -0.2) is 17.5 Å². The number of halogens is 1. The van der Waals surface area contributed by atoms with Crippen LogP contribution in [0.5, 0.6) is 0 Å². The maximum absolute atomic E-state index is 8.02. The van der Waals surface area contributed by atoms with Gasteiger partial charge in [0, 0.05) is 6.42 Å². The fraction of sp³-hybridized carbons (Fsp3) is 0.667. The highest BCUT2D eigenvalue weighted by molar-refractivity contribution is 5.85. The Labute approximate surface area is 48.4 Å². The molecule has 0 aromatic heterocycles. The highest BCUT2D eigenvalue weighted by atomic mass is 35.5. The molecule has 0 spiro atoms. The van der Waals surface area contributed by atoms with E-state index >= 15 is 0 Å². The molecule has 0 radical (unpaired) electrons. The maximum atomic E-state index is 8.02. The van der Waals surface area contributed by atoms with Crippen molar-refractivity contribution < 1.29 is 5.11 Å². The Kier molecular flexibility index (Phi) is 8.06.